The molecule has 1 fully saturated rings. The normalized spacial score (nSPS) is 16.4. The minimum Gasteiger partial charge on any atom is -0.396 e. The summed E-state index contributed by atoms with van der Waals surface area (Å²) in [6.07, 6.45) is 4.33. The third kappa shape index (κ3) is 5.72. The minimum atomic E-state index is -0.200. The first-order valence-corrected chi connectivity index (χ1v) is 11.0. The van der Waals surface area contributed by atoms with E-state index in [-0.39, 0.29) is 24.3 Å². The van der Waals surface area contributed by atoms with Gasteiger partial charge in [-0.25, -0.2) is 0 Å². The van der Waals surface area contributed by atoms with E-state index in [0.29, 0.717) is 37.5 Å². The number of halogens is 2. The van der Waals surface area contributed by atoms with Gasteiger partial charge in [-0.2, -0.15) is 0 Å². The molecular weight excluding hydrogens is 468 g/mol. The van der Waals surface area contributed by atoms with E-state index in [1.807, 2.05) is 42.5 Å². The zero-order valence-electron chi connectivity index (χ0n) is 16.5. The Morgan fingerprint density at radius 3 is 2.80 bits per heavy atom. The fourth-order valence-corrected chi connectivity index (χ4v) is 4.29. The van der Waals surface area contributed by atoms with Crippen LogP contribution in [0.4, 0.5) is 0 Å². The van der Waals surface area contributed by atoms with Crippen LogP contribution in [0, 0.1) is 5.92 Å². The number of aliphatic hydroxyl groups excluding tert-OH is 1. The number of nitrogens with zero attached hydrogens (tertiary/aromatic N) is 1. The Kier molecular flexibility index (Phi) is 8.08. The van der Waals surface area contributed by atoms with Crippen LogP contribution in [0.15, 0.2) is 53.0 Å². The van der Waals surface area contributed by atoms with E-state index >= 15 is 0 Å². The number of rotatable bonds is 8. The Morgan fingerprint density at radius 2 is 2.07 bits per heavy atom. The Bertz CT molecular complexity index is 948. The van der Waals surface area contributed by atoms with Crippen molar-refractivity contribution in [1.82, 2.24) is 10.2 Å². The van der Waals surface area contributed by atoms with Gasteiger partial charge in [-0.15, -0.1) is 0 Å². The Balaban J connectivity index is 1.56. The summed E-state index contributed by atoms with van der Waals surface area (Å²) in [6.45, 7) is 1.69. The largest absolute Gasteiger partial charge is 0.396 e. The molecule has 1 heterocycles. The fraction of sp³-hybridized carbons (Fsp3) is 0.304. The van der Waals surface area contributed by atoms with Gasteiger partial charge in [0.2, 0.25) is 11.8 Å². The first-order valence-electron chi connectivity index (χ1n) is 9.87. The van der Waals surface area contributed by atoms with Crippen LogP contribution in [0.3, 0.4) is 0 Å². The lowest BCUT2D eigenvalue weighted by atomic mass is 9.99. The lowest BCUT2D eigenvalue weighted by molar-refractivity contribution is -0.127. The lowest BCUT2D eigenvalue weighted by Gasteiger charge is -2.16. The molecule has 3 rings (SSSR count). The van der Waals surface area contributed by atoms with Crippen LogP contribution in [-0.2, 0) is 9.59 Å². The summed E-state index contributed by atoms with van der Waals surface area (Å²) in [5.41, 5.74) is 2.67. The highest BCUT2D eigenvalue weighted by Crippen LogP contribution is 2.36. The SMILES string of the molecule is O=C(/C=C/c1cccc(Cl)c1-c1ccccc1Br)NCCCN1C[C@H](CO)CC1=O. The molecule has 0 saturated carbocycles. The second kappa shape index (κ2) is 10.8. The molecule has 0 spiro atoms. The van der Waals surface area contributed by atoms with E-state index in [9.17, 15) is 9.59 Å². The smallest absolute Gasteiger partial charge is 0.244 e. The topological polar surface area (TPSA) is 69.6 Å². The molecule has 2 amide bonds. The molecule has 1 saturated heterocycles. The van der Waals surface area contributed by atoms with Crippen molar-refractivity contribution in [2.24, 2.45) is 5.92 Å². The molecular formula is C23H24BrClN2O3. The second-order valence-electron chi connectivity index (χ2n) is 7.25. The summed E-state index contributed by atoms with van der Waals surface area (Å²) in [5, 5.41) is 12.6. The molecule has 0 radical (unpaired) electrons. The van der Waals surface area contributed by atoms with Crippen LogP contribution < -0.4 is 5.32 Å². The van der Waals surface area contributed by atoms with Crippen molar-refractivity contribution in [1.29, 1.82) is 0 Å². The molecule has 2 N–H and O–H groups in total. The van der Waals surface area contributed by atoms with Crippen molar-refractivity contribution in [2.75, 3.05) is 26.2 Å². The first kappa shape index (κ1) is 22.5. The highest BCUT2D eigenvalue weighted by atomic mass is 79.9. The molecule has 7 heteroatoms. The van der Waals surface area contributed by atoms with Crippen molar-refractivity contribution in [2.45, 2.75) is 12.8 Å². The lowest BCUT2D eigenvalue weighted by Crippen LogP contribution is -2.30. The number of benzene rings is 2. The first-order chi connectivity index (χ1) is 14.5. The monoisotopic (exact) mass is 490 g/mol. The Labute approximate surface area is 189 Å². The third-order valence-corrected chi connectivity index (χ3v) is 6.07. The average molecular weight is 492 g/mol. The number of hydrogen-bond acceptors (Lipinski definition) is 3. The maximum atomic E-state index is 12.2. The van der Waals surface area contributed by atoms with Crippen molar-refractivity contribution in [3.05, 3.63) is 63.6 Å². The van der Waals surface area contributed by atoms with Gasteiger partial charge in [0.15, 0.2) is 0 Å². The fourth-order valence-electron chi connectivity index (χ4n) is 3.53. The zero-order chi connectivity index (χ0) is 21.5. The highest BCUT2D eigenvalue weighted by molar-refractivity contribution is 9.10. The minimum absolute atomic E-state index is 0.0339. The van der Waals surface area contributed by atoms with Crippen LogP contribution in [0.25, 0.3) is 17.2 Å². The van der Waals surface area contributed by atoms with E-state index in [1.165, 1.54) is 6.08 Å². The summed E-state index contributed by atoms with van der Waals surface area (Å²) >= 11 is 10.0. The maximum Gasteiger partial charge on any atom is 0.244 e. The highest BCUT2D eigenvalue weighted by Gasteiger charge is 2.28. The van der Waals surface area contributed by atoms with Gasteiger partial charge < -0.3 is 15.3 Å². The molecule has 30 heavy (non-hydrogen) atoms. The van der Waals surface area contributed by atoms with Gasteiger partial charge >= 0.3 is 0 Å². The molecule has 2 aromatic rings. The quantitative estimate of drug-likeness (QED) is 0.431. The van der Waals surface area contributed by atoms with E-state index in [4.69, 9.17) is 16.7 Å². The number of hydrogen-bond donors (Lipinski definition) is 2. The third-order valence-electron chi connectivity index (χ3n) is 5.06. The van der Waals surface area contributed by atoms with Crippen LogP contribution in [-0.4, -0.2) is 48.1 Å². The molecule has 0 aliphatic carbocycles. The summed E-state index contributed by atoms with van der Waals surface area (Å²) in [6, 6.07) is 13.4. The number of carbonyl (C=O) groups excluding carboxylic acids is 2. The number of nitrogens with one attached hydrogen (secondary N) is 1. The summed E-state index contributed by atoms with van der Waals surface area (Å²) < 4.78 is 0.928. The van der Waals surface area contributed by atoms with Gasteiger partial charge in [0.25, 0.3) is 0 Å². The van der Waals surface area contributed by atoms with E-state index < -0.39 is 0 Å². The zero-order valence-corrected chi connectivity index (χ0v) is 18.8. The Hall–Kier alpha value is -2.15. The molecule has 5 nitrogen and oxygen atoms in total. The molecule has 2 aromatic carbocycles. The molecule has 1 atom stereocenters. The molecule has 0 aromatic heterocycles. The second-order valence-corrected chi connectivity index (χ2v) is 8.52. The van der Waals surface area contributed by atoms with Gasteiger partial charge in [-0.1, -0.05) is 57.9 Å². The molecule has 0 bridgehead atoms. The summed E-state index contributed by atoms with van der Waals surface area (Å²) in [5.74, 6) is -0.0959. The van der Waals surface area contributed by atoms with Gasteiger partial charge in [0, 0.05) is 59.7 Å². The molecule has 1 aliphatic rings. The summed E-state index contributed by atoms with van der Waals surface area (Å²) in [4.78, 5) is 25.8. The average Bonchev–Trinajstić information content (AvgIpc) is 3.10. The van der Waals surface area contributed by atoms with Crippen LogP contribution in [0.1, 0.15) is 18.4 Å². The summed E-state index contributed by atoms with van der Waals surface area (Å²) in [7, 11) is 0. The number of carbonyl (C=O) groups is 2. The predicted octanol–water partition coefficient (Wildman–Crippen LogP) is 4.13. The standard InChI is InChI=1S/C23H24BrClN2O3/c24-19-7-2-1-6-18(19)23-17(5-3-8-20(23)25)9-10-21(29)26-11-4-12-27-14-16(15-28)13-22(27)30/h1-3,5-10,16,28H,4,11-15H2,(H,26,29)/b10-9+/t16-/m1/s1. The van der Waals surface area contributed by atoms with E-state index in [2.05, 4.69) is 21.2 Å². The van der Waals surface area contributed by atoms with E-state index in [1.54, 1.807) is 11.0 Å². The molecule has 158 valence electrons. The van der Waals surface area contributed by atoms with Crippen molar-refractivity contribution >= 4 is 45.4 Å². The van der Waals surface area contributed by atoms with Gasteiger partial charge in [-0.3, -0.25) is 9.59 Å². The molecule has 0 unspecified atom stereocenters. The Morgan fingerprint density at radius 1 is 1.27 bits per heavy atom. The van der Waals surface area contributed by atoms with Gasteiger partial charge in [0.05, 0.1) is 0 Å². The van der Waals surface area contributed by atoms with Crippen molar-refractivity contribution < 1.29 is 14.7 Å². The van der Waals surface area contributed by atoms with Crippen LogP contribution >= 0.6 is 27.5 Å². The number of aliphatic hydroxyl groups is 1. The van der Waals surface area contributed by atoms with E-state index in [0.717, 1.165) is 21.2 Å². The molecule has 1 aliphatic heterocycles. The van der Waals surface area contributed by atoms with Crippen molar-refractivity contribution in [3.8, 4) is 11.1 Å². The van der Waals surface area contributed by atoms with Crippen LogP contribution in [0.2, 0.25) is 5.02 Å². The predicted molar refractivity (Wildman–Crippen MR) is 123 cm³/mol. The maximum absolute atomic E-state index is 12.2. The number of amides is 2. The van der Waals surface area contributed by atoms with Crippen molar-refractivity contribution in [3.63, 3.8) is 0 Å². The number of likely N-dealkylation sites (tertiary alicyclic amines) is 1. The van der Waals surface area contributed by atoms with Gasteiger partial charge in [-0.05, 0) is 35.8 Å². The van der Waals surface area contributed by atoms with Gasteiger partial charge in [0.1, 0.15) is 0 Å². The van der Waals surface area contributed by atoms with Crippen LogP contribution in [0.5, 0.6) is 0 Å².